The molecule has 0 aliphatic carbocycles. The Balaban J connectivity index is 1.72. The fourth-order valence-corrected chi connectivity index (χ4v) is 3.04. The predicted molar refractivity (Wildman–Crippen MR) is 97.0 cm³/mol. The zero-order chi connectivity index (χ0) is 18.7. The van der Waals surface area contributed by atoms with Gasteiger partial charge in [0.2, 0.25) is 0 Å². The summed E-state index contributed by atoms with van der Waals surface area (Å²) < 4.78 is 1.56. The number of carbonyl (C=O) groups is 2. The van der Waals surface area contributed by atoms with Crippen LogP contribution in [0, 0.1) is 0 Å². The summed E-state index contributed by atoms with van der Waals surface area (Å²) in [7, 11) is 0. The Hall–Kier alpha value is -2.13. The molecule has 1 aliphatic rings. The third-order valence-electron chi connectivity index (χ3n) is 3.94. The minimum Gasteiger partial charge on any atom is -0.341 e. The second-order valence-corrected chi connectivity index (χ2v) is 6.63. The van der Waals surface area contributed by atoms with Crippen molar-refractivity contribution in [2.75, 3.05) is 18.5 Å². The lowest BCUT2D eigenvalue weighted by molar-refractivity contribution is -0.136. The molecule has 26 heavy (non-hydrogen) atoms. The van der Waals surface area contributed by atoms with Crippen LogP contribution in [0.5, 0.6) is 0 Å². The van der Waals surface area contributed by atoms with Gasteiger partial charge in [-0.2, -0.15) is 5.10 Å². The maximum absolute atomic E-state index is 12.2. The molecule has 2 aromatic rings. The fourth-order valence-electron chi connectivity index (χ4n) is 2.58. The van der Waals surface area contributed by atoms with Crippen LogP contribution in [-0.4, -0.2) is 40.8 Å². The van der Waals surface area contributed by atoms with E-state index >= 15 is 0 Å². The quantitative estimate of drug-likeness (QED) is 0.682. The van der Waals surface area contributed by atoms with Crippen molar-refractivity contribution in [3.05, 3.63) is 46.1 Å². The van der Waals surface area contributed by atoms with E-state index in [4.69, 9.17) is 28.0 Å². The predicted octanol–water partition coefficient (Wildman–Crippen LogP) is 1.76. The Morgan fingerprint density at radius 2 is 2.15 bits per heavy atom. The highest BCUT2D eigenvalue weighted by Crippen LogP contribution is 2.30. The molecule has 2 amide bonds. The average molecular weight is 398 g/mol. The van der Waals surface area contributed by atoms with E-state index in [1.807, 2.05) is 6.92 Å². The standard InChI is InChI=1S/C16H17Cl2N5O3/c1-9(12-6-10(17)2-3-13(12)18)23-14(4-5-19-23)22-16(25)15(24)21-11-7-20-26-8-11/h2-6,9,11,20H,7-8H2,1H3,(H,21,24)(H,22,25)/t9?,11-/m0/s1. The van der Waals surface area contributed by atoms with Crippen molar-refractivity contribution in [2.24, 2.45) is 0 Å². The van der Waals surface area contributed by atoms with E-state index < -0.39 is 11.8 Å². The molecule has 1 aromatic heterocycles. The molecule has 3 N–H and O–H groups in total. The zero-order valence-corrected chi connectivity index (χ0v) is 15.3. The van der Waals surface area contributed by atoms with Crippen LogP contribution >= 0.6 is 23.2 Å². The molecule has 10 heteroatoms. The third-order valence-corrected chi connectivity index (χ3v) is 4.52. The van der Waals surface area contributed by atoms with Crippen molar-refractivity contribution in [1.82, 2.24) is 20.6 Å². The summed E-state index contributed by atoms with van der Waals surface area (Å²) in [5, 5.41) is 10.4. The van der Waals surface area contributed by atoms with Gasteiger partial charge in [-0.1, -0.05) is 23.2 Å². The number of benzene rings is 1. The van der Waals surface area contributed by atoms with Crippen LogP contribution in [0.2, 0.25) is 10.0 Å². The molecule has 0 spiro atoms. The SMILES string of the molecule is CC(c1cc(Cl)ccc1Cl)n1nccc1NC(=O)C(=O)N[C@H]1CNOC1. The number of nitrogens with zero attached hydrogens (tertiary/aromatic N) is 2. The summed E-state index contributed by atoms with van der Waals surface area (Å²) in [6.07, 6.45) is 1.53. The number of carbonyl (C=O) groups excluding carboxylic acids is 2. The Bertz CT molecular complexity index is 820. The highest BCUT2D eigenvalue weighted by atomic mass is 35.5. The van der Waals surface area contributed by atoms with Gasteiger partial charge in [-0.3, -0.25) is 14.4 Å². The maximum atomic E-state index is 12.2. The van der Waals surface area contributed by atoms with Crippen LogP contribution in [0.3, 0.4) is 0 Å². The molecule has 138 valence electrons. The smallest absolute Gasteiger partial charge is 0.314 e. The number of amides is 2. The minimum absolute atomic E-state index is 0.248. The monoisotopic (exact) mass is 397 g/mol. The largest absolute Gasteiger partial charge is 0.341 e. The second kappa shape index (κ2) is 8.05. The summed E-state index contributed by atoms with van der Waals surface area (Å²) in [6, 6.07) is 6.17. The highest BCUT2D eigenvalue weighted by Gasteiger charge is 2.24. The Labute approximate surface area is 159 Å². The average Bonchev–Trinajstić information content (AvgIpc) is 3.28. The first-order valence-electron chi connectivity index (χ1n) is 7.90. The summed E-state index contributed by atoms with van der Waals surface area (Å²) in [6.45, 7) is 2.62. The van der Waals surface area contributed by atoms with Crippen molar-refractivity contribution >= 4 is 40.8 Å². The molecular formula is C16H17Cl2N5O3. The molecule has 0 bridgehead atoms. The summed E-state index contributed by atoms with van der Waals surface area (Å²) in [5.74, 6) is -1.17. The molecule has 1 fully saturated rings. The number of hydrogen-bond acceptors (Lipinski definition) is 5. The molecule has 0 radical (unpaired) electrons. The van der Waals surface area contributed by atoms with Gasteiger partial charge in [-0.15, -0.1) is 0 Å². The molecule has 3 rings (SSSR count). The highest BCUT2D eigenvalue weighted by molar-refractivity contribution is 6.39. The molecule has 1 unspecified atom stereocenters. The van der Waals surface area contributed by atoms with Gasteiger partial charge in [0.25, 0.3) is 0 Å². The molecule has 1 aliphatic heterocycles. The molecular weight excluding hydrogens is 381 g/mol. The van der Waals surface area contributed by atoms with Crippen molar-refractivity contribution in [2.45, 2.75) is 19.0 Å². The number of nitrogens with one attached hydrogen (secondary N) is 3. The van der Waals surface area contributed by atoms with Gasteiger partial charge in [-0.25, -0.2) is 10.2 Å². The Kier molecular flexibility index (Phi) is 5.77. The number of hydrogen-bond donors (Lipinski definition) is 3. The van der Waals surface area contributed by atoms with Crippen molar-refractivity contribution < 1.29 is 14.4 Å². The molecule has 1 aromatic carbocycles. The van der Waals surface area contributed by atoms with Gasteiger partial charge in [-0.05, 0) is 30.7 Å². The van der Waals surface area contributed by atoms with Crippen LogP contribution in [0.1, 0.15) is 18.5 Å². The van der Waals surface area contributed by atoms with Crippen LogP contribution in [0.4, 0.5) is 5.82 Å². The Morgan fingerprint density at radius 3 is 2.88 bits per heavy atom. The lowest BCUT2D eigenvalue weighted by atomic mass is 10.1. The molecule has 2 atom stereocenters. The van der Waals surface area contributed by atoms with Gasteiger partial charge in [0.15, 0.2) is 0 Å². The number of hydroxylamine groups is 1. The van der Waals surface area contributed by atoms with Gasteiger partial charge >= 0.3 is 11.8 Å². The first kappa shape index (κ1) is 18.7. The van der Waals surface area contributed by atoms with Crippen molar-refractivity contribution in [3.8, 4) is 0 Å². The summed E-state index contributed by atoms with van der Waals surface area (Å²) >= 11 is 12.3. The van der Waals surface area contributed by atoms with Crippen molar-refractivity contribution in [1.29, 1.82) is 0 Å². The van der Waals surface area contributed by atoms with Crippen LogP contribution in [0.15, 0.2) is 30.5 Å². The molecule has 8 nitrogen and oxygen atoms in total. The minimum atomic E-state index is -0.789. The van der Waals surface area contributed by atoms with Crippen molar-refractivity contribution in [3.63, 3.8) is 0 Å². The first-order valence-corrected chi connectivity index (χ1v) is 8.66. The normalized spacial score (nSPS) is 17.7. The van der Waals surface area contributed by atoms with E-state index in [9.17, 15) is 9.59 Å². The first-order chi connectivity index (χ1) is 12.5. The van der Waals surface area contributed by atoms with E-state index in [-0.39, 0.29) is 12.1 Å². The lowest BCUT2D eigenvalue weighted by Crippen LogP contribution is -2.44. The Morgan fingerprint density at radius 1 is 1.35 bits per heavy atom. The topological polar surface area (TPSA) is 97.3 Å². The number of anilines is 1. The summed E-state index contributed by atoms with van der Waals surface area (Å²) in [5.41, 5.74) is 3.38. The van der Waals surface area contributed by atoms with Crippen LogP contribution in [-0.2, 0) is 14.4 Å². The number of halogens is 2. The van der Waals surface area contributed by atoms with Crippen LogP contribution in [0.25, 0.3) is 0 Å². The maximum Gasteiger partial charge on any atom is 0.314 e. The fraction of sp³-hybridized carbons (Fsp3) is 0.312. The molecule has 0 saturated carbocycles. The third kappa shape index (κ3) is 4.16. The van der Waals surface area contributed by atoms with Gasteiger partial charge < -0.3 is 10.6 Å². The number of aromatic nitrogens is 2. The second-order valence-electron chi connectivity index (χ2n) is 5.79. The number of rotatable bonds is 4. The van der Waals surface area contributed by atoms with Gasteiger partial charge in [0, 0.05) is 22.7 Å². The van der Waals surface area contributed by atoms with E-state index in [0.717, 1.165) is 5.56 Å². The van der Waals surface area contributed by atoms with E-state index in [0.29, 0.717) is 29.0 Å². The lowest BCUT2D eigenvalue weighted by Gasteiger charge is -2.18. The molecule has 2 heterocycles. The van der Waals surface area contributed by atoms with Gasteiger partial charge in [0.1, 0.15) is 5.82 Å². The van der Waals surface area contributed by atoms with E-state index in [1.54, 1.807) is 28.9 Å². The molecule has 1 saturated heterocycles. The van der Waals surface area contributed by atoms with E-state index in [1.165, 1.54) is 6.20 Å². The zero-order valence-electron chi connectivity index (χ0n) is 13.8. The van der Waals surface area contributed by atoms with Gasteiger partial charge in [0.05, 0.1) is 24.9 Å². The van der Waals surface area contributed by atoms with Crippen LogP contribution < -0.4 is 16.1 Å². The van der Waals surface area contributed by atoms with E-state index in [2.05, 4.69) is 21.2 Å². The summed E-state index contributed by atoms with van der Waals surface area (Å²) in [4.78, 5) is 29.1.